The molecule has 1 aliphatic rings. The molecule has 0 aromatic rings. The zero-order valence-corrected chi connectivity index (χ0v) is 7.17. The molecule has 0 aromatic heterocycles. The zero-order valence-electron chi connectivity index (χ0n) is 7.17. The van der Waals surface area contributed by atoms with E-state index in [0.717, 1.165) is 26.0 Å². The molecule has 0 bridgehead atoms. The van der Waals surface area contributed by atoms with Gasteiger partial charge in [0, 0.05) is 19.7 Å². The molecule has 0 saturated carbocycles. The number of hydrogen-bond acceptors (Lipinski definition) is 3. The standard InChI is InChI=1S/C8H15NO2/c1-3-11-8(2)6-9(7-8)4-5-10/h5H,3-4,6-7H2,1-2H3. The molecule has 0 aromatic carbocycles. The summed E-state index contributed by atoms with van der Waals surface area (Å²) in [6.45, 7) is 7.15. The van der Waals surface area contributed by atoms with Crippen LogP contribution < -0.4 is 0 Å². The third kappa shape index (κ3) is 2.01. The molecule has 1 rings (SSSR count). The minimum absolute atomic E-state index is 0.0117. The van der Waals surface area contributed by atoms with Crippen molar-refractivity contribution in [3.63, 3.8) is 0 Å². The molecular weight excluding hydrogens is 142 g/mol. The van der Waals surface area contributed by atoms with Crippen molar-refractivity contribution in [1.82, 2.24) is 4.90 Å². The highest BCUT2D eigenvalue weighted by atomic mass is 16.5. The van der Waals surface area contributed by atoms with Crippen molar-refractivity contribution in [1.29, 1.82) is 0 Å². The van der Waals surface area contributed by atoms with Gasteiger partial charge < -0.3 is 9.53 Å². The van der Waals surface area contributed by atoms with Crippen molar-refractivity contribution in [2.24, 2.45) is 0 Å². The number of ether oxygens (including phenoxy) is 1. The number of hydrogen-bond donors (Lipinski definition) is 0. The van der Waals surface area contributed by atoms with Crippen molar-refractivity contribution in [3.05, 3.63) is 0 Å². The summed E-state index contributed by atoms with van der Waals surface area (Å²) in [5.74, 6) is 0. The first kappa shape index (κ1) is 8.68. The van der Waals surface area contributed by atoms with Gasteiger partial charge in [-0.3, -0.25) is 4.90 Å². The summed E-state index contributed by atoms with van der Waals surface area (Å²) < 4.78 is 5.48. The van der Waals surface area contributed by atoms with E-state index in [4.69, 9.17) is 4.74 Å². The maximum absolute atomic E-state index is 10.1. The van der Waals surface area contributed by atoms with Crippen LogP contribution in [-0.2, 0) is 9.53 Å². The quantitative estimate of drug-likeness (QED) is 0.549. The van der Waals surface area contributed by atoms with E-state index >= 15 is 0 Å². The lowest BCUT2D eigenvalue weighted by atomic mass is 9.97. The molecule has 0 aliphatic carbocycles. The van der Waals surface area contributed by atoms with Gasteiger partial charge in [0.25, 0.3) is 0 Å². The van der Waals surface area contributed by atoms with Crippen LogP contribution in [0.4, 0.5) is 0 Å². The number of nitrogens with zero attached hydrogens (tertiary/aromatic N) is 1. The van der Waals surface area contributed by atoms with Gasteiger partial charge in [-0.05, 0) is 13.8 Å². The second-order valence-corrected chi connectivity index (χ2v) is 3.22. The molecule has 0 radical (unpaired) electrons. The topological polar surface area (TPSA) is 29.5 Å². The van der Waals surface area contributed by atoms with Crippen LogP contribution in [0, 0.1) is 0 Å². The average Bonchev–Trinajstić information content (AvgIpc) is 1.85. The Bertz CT molecular complexity index is 141. The van der Waals surface area contributed by atoms with E-state index in [9.17, 15) is 4.79 Å². The van der Waals surface area contributed by atoms with Gasteiger partial charge >= 0.3 is 0 Å². The Labute approximate surface area is 67.3 Å². The average molecular weight is 157 g/mol. The van der Waals surface area contributed by atoms with Gasteiger partial charge in [-0.1, -0.05) is 0 Å². The molecule has 3 nitrogen and oxygen atoms in total. The van der Waals surface area contributed by atoms with E-state index in [1.807, 2.05) is 6.92 Å². The van der Waals surface area contributed by atoms with Crippen molar-refractivity contribution in [3.8, 4) is 0 Å². The Kier molecular flexibility index (Phi) is 2.62. The van der Waals surface area contributed by atoms with Gasteiger partial charge in [-0.15, -0.1) is 0 Å². The summed E-state index contributed by atoms with van der Waals surface area (Å²) in [4.78, 5) is 12.2. The largest absolute Gasteiger partial charge is 0.373 e. The molecule has 3 heteroatoms. The first-order chi connectivity index (χ1) is 5.20. The minimum atomic E-state index is 0.0117. The molecule has 0 amide bonds. The van der Waals surface area contributed by atoms with E-state index in [0.29, 0.717) is 6.54 Å². The summed E-state index contributed by atoms with van der Waals surface area (Å²) >= 11 is 0. The Morgan fingerprint density at radius 3 is 2.73 bits per heavy atom. The van der Waals surface area contributed by atoms with Crippen molar-refractivity contribution < 1.29 is 9.53 Å². The van der Waals surface area contributed by atoms with E-state index < -0.39 is 0 Å². The highest BCUT2D eigenvalue weighted by molar-refractivity contribution is 5.52. The van der Waals surface area contributed by atoms with Crippen LogP contribution in [0.25, 0.3) is 0 Å². The first-order valence-corrected chi connectivity index (χ1v) is 4.00. The Morgan fingerprint density at radius 2 is 2.27 bits per heavy atom. The van der Waals surface area contributed by atoms with Crippen LogP contribution >= 0.6 is 0 Å². The second-order valence-electron chi connectivity index (χ2n) is 3.22. The molecular formula is C8H15NO2. The molecule has 1 heterocycles. The Balaban J connectivity index is 2.20. The summed E-state index contributed by atoms with van der Waals surface area (Å²) in [5.41, 5.74) is 0.0117. The van der Waals surface area contributed by atoms with E-state index in [-0.39, 0.29) is 5.60 Å². The normalized spacial score (nSPS) is 22.7. The second kappa shape index (κ2) is 3.32. The van der Waals surface area contributed by atoms with Gasteiger partial charge in [-0.25, -0.2) is 0 Å². The number of carbonyl (C=O) groups excluding carboxylic acids is 1. The fourth-order valence-electron chi connectivity index (χ4n) is 1.57. The third-order valence-corrected chi connectivity index (χ3v) is 1.94. The lowest BCUT2D eigenvalue weighted by Gasteiger charge is -2.46. The van der Waals surface area contributed by atoms with E-state index in [1.54, 1.807) is 0 Å². The highest BCUT2D eigenvalue weighted by Crippen LogP contribution is 2.23. The Hall–Kier alpha value is -0.410. The van der Waals surface area contributed by atoms with Gasteiger partial charge in [0.2, 0.25) is 0 Å². The summed E-state index contributed by atoms with van der Waals surface area (Å²) in [7, 11) is 0. The lowest BCUT2D eigenvalue weighted by molar-refractivity contribution is -0.134. The maximum atomic E-state index is 10.1. The number of aldehydes is 1. The number of rotatable bonds is 4. The molecule has 1 aliphatic heterocycles. The van der Waals surface area contributed by atoms with Gasteiger partial charge in [0.1, 0.15) is 6.29 Å². The molecule has 1 saturated heterocycles. The smallest absolute Gasteiger partial charge is 0.133 e. The van der Waals surface area contributed by atoms with Crippen LogP contribution in [0.15, 0.2) is 0 Å². The number of likely N-dealkylation sites (tertiary alicyclic amines) is 1. The monoisotopic (exact) mass is 157 g/mol. The molecule has 0 spiro atoms. The third-order valence-electron chi connectivity index (χ3n) is 1.94. The van der Waals surface area contributed by atoms with E-state index in [1.165, 1.54) is 0 Å². The maximum Gasteiger partial charge on any atom is 0.133 e. The van der Waals surface area contributed by atoms with Crippen molar-refractivity contribution >= 4 is 6.29 Å². The predicted molar refractivity (Wildman–Crippen MR) is 42.5 cm³/mol. The molecule has 0 atom stereocenters. The molecule has 0 unspecified atom stereocenters. The molecule has 11 heavy (non-hydrogen) atoms. The summed E-state index contributed by atoms with van der Waals surface area (Å²) in [5, 5.41) is 0. The SMILES string of the molecule is CCOC1(C)CN(CC=O)C1. The molecule has 64 valence electrons. The van der Waals surface area contributed by atoms with Crippen LogP contribution in [0.5, 0.6) is 0 Å². The van der Waals surface area contributed by atoms with Crippen LogP contribution in [-0.4, -0.2) is 43.0 Å². The van der Waals surface area contributed by atoms with Crippen LogP contribution in [0.1, 0.15) is 13.8 Å². The molecule has 0 N–H and O–H groups in total. The van der Waals surface area contributed by atoms with Crippen LogP contribution in [0.2, 0.25) is 0 Å². The van der Waals surface area contributed by atoms with Crippen molar-refractivity contribution in [2.75, 3.05) is 26.2 Å². The van der Waals surface area contributed by atoms with Crippen LogP contribution in [0.3, 0.4) is 0 Å². The summed E-state index contributed by atoms with van der Waals surface area (Å²) in [6.07, 6.45) is 0.936. The van der Waals surface area contributed by atoms with Gasteiger partial charge in [0.15, 0.2) is 0 Å². The highest BCUT2D eigenvalue weighted by Gasteiger charge is 2.38. The minimum Gasteiger partial charge on any atom is -0.373 e. The summed E-state index contributed by atoms with van der Waals surface area (Å²) in [6, 6.07) is 0. The predicted octanol–water partition coefficient (Wildman–Crippen LogP) is 0.296. The van der Waals surface area contributed by atoms with Gasteiger partial charge in [0.05, 0.1) is 12.1 Å². The van der Waals surface area contributed by atoms with Crippen molar-refractivity contribution in [2.45, 2.75) is 19.4 Å². The zero-order chi connectivity index (χ0) is 8.32. The fourth-order valence-corrected chi connectivity index (χ4v) is 1.57. The molecule has 1 fully saturated rings. The van der Waals surface area contributed by atoms with E-state index in [2.05, 4.69) is 11.8 Å². The number of carbonyl (C=O) groups is 1. The van der Waals surface area contributed by atoms with Gasteiger partial charge in [-0.2, -0.15) is 0 Å². The lowest BCUT2D eigenvalue weighted by Crippen LogP contribution is -2.61. The fraction of sp³-hybridized carbons (Fsp3) is 0.875. The first-order valence-electron chi connectivity index (χ1n) is 4.00. The Morgan fingerprint density at radius 1 is 1.64 bits per heavy atom.